The number of nitrogens with zero attached hydrogens (tertiary/aromatic N) is 3. The first-order valence-corrected chi connectivity index (χ1v) is 15.9. The van der Waals surface area contributed by atoms with Gasteiger partial charge in [-0.2, -0.15) is 0 Å². The van der Waals surface area contributed by atoms with Crippen LogP contribution in [0, 0.1) is 6.92 Å². The van der Waals surface area contributed by atoms with Crippen molar-refractivity contribution in [2.75, 3.05) is 40.4 Å². The van der Waals surface area contributed by atoms with Crippen molar-refractivity contribution in [3.05, 3.63) is 107 Å². The molecule has 0 radical (unpaired) electrons. The van der Waals surface area contributed by atoms with Crippen molar-refractivity contribution in [2.24, 2.45) is 0 Å². The topological polar surface area (TPSA) is 122 Å². The molecule has 48 heavy (non-hydrogen) atoms. The molecule has 0 spiro atoms. The Balaban J connectivity index is 1.29. The number of hydrogen-bond donors (Lipinski definition) is 2. The molecule has 0 unspecified atom stereocenters. The minimum absolute atomic E-state index is 0.0693. The highest BCUT2D eigenvalue weighted by molar-refractivity contribution is 5.96. The number of rotatable bonds is 5. The van der Waals surface area contributed by atoms with Crippen LogP contribution in [-0.2, 0) is 22.7 Å². The van der Waals surface area contributed by atoms with E-state index in [1.54, 1.807) is 48.7 Å². The van der Waals surface area contributed by atoms with Crippen LogP contribution in [0.5, 0.6) is 17.2 Å². The lowest BCUT2D eigenvalue weighted by molar-refractivity contribution is -0.131. The fourth-order valence-electron chi connectivity index (χ4n) is 5.98. The van der Waals surface area contributed by atoms with Gasteiger partial charge in [-0.25, -0.2) is 0 Å². The second-order valence-electron chi connectivity index (χ2n) is 12.2. The maximum atomic E-state index is 13.8. The number of hydrogen-bond acceptors (Lipinski definition) is 8. The molecule has 7 rings (SSSR count). The molecule has 3 amide bonds. The molecule has 2 N–H and O–H groups in total. The highest BCUT2D eigenvalue weighted by atomic mass is 16.5. The van der Waals surface area contributed by atoms with Gasteiger partial charge in [0.05, 0.1) is 26.2 Å². The summed E-state index contributed by atoms with van der Waals surface area (Å²) < 4.78 is 17.9. The average Bonchev–Trinajstić information content (AvgIpc) is 3.49. The summed E-state index contributed by atoms with van der Waals surface area (Å²) in [7, 11) is 3.44. The third-order valence-corrected chi connectivity index (χ3v) is 8.55. The number of likely N-dealkylation sites (N-methyl/N-ethyl adjacent to an activating group) is 1. The first kappa shape index (κ1) is 32.5. The van der Waals surface area contributed by atoms with Crippen molar-refractivity contribution in [1.29, 1.82) is 0 Å². The molecule has 0 aliphatic carbocycles. The molecule has 3 aliphatic heterocycles. The van der Waals surface area contributed by atoms with Gasteiger partial charge in [0.15, 0.2) is 18.1 Å². The van der Waals surface area contributed by atoms with E-state index >= 15 is 0 Å². The van der Waals surface area contributed by atoms with Crippen LogP contribution in [0.1, 0.15) is 27.0 Å². The average molecular weight is 650 g/mol. The smallest absolute Gasteiger partial charge is 0.258 e. The Kier molecular flexibility index (Phi) is 9.86. The molecule has 1 saturated heterocycles. The SMILES string of the molecule is COc1cc2ccc1O[C@H]1CN(C(=O)CN(C)Cc3ccncc3)C[C@@H]1NC(=O)c1ccc(C)c(c1)-c1cccc(c1)OCC(=O)NC2. The number of nitrogens with one attached hydrogen (secondary N) is 2. The number of benzene rings is 3. The van der Waals surface area contributed by atoms with Crippen LogP contribution in [-0.4, -0.2) is 85.0 Å². The molecule has 1 aromatic heterocycles. The number of methoxy groups -OCH3 is 1. The second-order valence-corrected chi connectivity index (χ2v) is 12.2. The first-order valence-electron chi connectivity index (χ1n) is 15.9. The van der Waals surface area contributed by atoms with Gasteiger partial charge < -0.3 is 29.7 Å². The third-order valence-electron chi connectivity index (χ3n) is 8.55. The van der Waals surface area contributed by atoms with Crippen molar-refractivity contribution in [2.45, 2.75) is 32.2 Å². The molecule has 4 heterocycles. The van der Waals surface area contributed by atoms with Crippen LogP contribution in [0.25, 0.3) is 11.1 Å². The van der Waals surface area contributed by atoms with Crippen molar-refractivity contribution in [3.8, 4) is 28.4 Å². The number of pyridine rings is 1. The van der Waals surface area contributed by atoms with E-state index in [-0.39, 0.29) is 50.5 Å². The van der Waals surface area contributed by atoms with Crippen molar-refractivity contribution in [1.82, 2.24) is 25.4 Å². The Morgan fingerprint density at radius 3 is 2.67 bits per heavy atom. The lowest BCUT2D eigenvalue weighted by atomic mass is 9.97. The predicted octanol–water partition coefficient (Wildman–Crippen LogP) is 3.59. The number of ether oxygens (including phenoxy) is 3. The van der Waals surface area contributed by atoms with Crippen LogP contribution in [0.3, 0.4) is 0 Å². The zero-order valence-electron chi connectivity index (χ0n) is 27.3. The number of fused-ring (bicyclic) bond motifs is 7. The van der Waals surface area contributed by atoms with Crippen LogP contribution in [0.4, 0.5) is 0 Å². The van der Waals surface area contributed by atoms with Gasteiger partial charge in [0.1, 0.15) is 11.9 Å². The first-order chi connectivity index (χ1) is 23.2. The molecule has 2 atom stereocenters. The number of likely N-dealkylation sites (tertiary alicyclic amines) is 1. The summed E-state index contributed by atoms with van der Waals surface area (Å²) in [6.07, 6.45) is 2.92. The van der Waals surface area contributed by atoms with Crippen LogP contribution in [0.15, 0.2) is 85.2 Å². The highest BCUT2D eigenvalue weighted by Crippen LogP contribution is 2.32. The summed E-state index contributed by atoms with van der Waals surface area (Å²) in [5, 5.41) is 6.04. The van der Waals surface area contributed by atoms with E-state index in [0.717, 1.165) is 27.8 Å². The number of amides is 3. The monoisotopic (exact) mass is 649 g/mol. The zero-order valence-corrected chi connectivity index (χ0v) is 27.3. The van der Waals surface area contributed by atoms with Gasteiger partial charge >= 0.3 is 0 Å². The lowest BCUT2D eigenvalue weighted by Gasteiger charge is -2.23. The molecule has 4 aromatic rings. The summed E-state index contributed by atoms with van der Waals surface area (Å²) in [5.41, 5.74) is 5.04. The van der Waals surface area contributed by atoms with E-state index in [1.165, 1.54) is 0 Å². The molecule has 3 aromatic carbocycles. The van der Waals surface area contributed by atoms with Crippen LogP contribution >= 0.6 is 0 Å². The van der Waals surface area contributed by atoms with E-state index in [4.69, 9.17) is 14.2 Å². The normalized spacial score (nSPS) is 17.9. The van der Waals surface area contributed by atoms with Gasteiger partial charge in [0.25, 0.3) is 11.8 Å². The van der Waals surface area contributed by atoms with Gasteiger partial charge in [-0.3, -0.25) is 24.3 Å². The van der Waals surface area contributed by atoms with Gasteiger partial charge in [-0.1, -0.05) is 24.3 Å². The van der Waals surface area contributed by atoms with Crippen molar-refractivity contribution < 1.29 is 28.6 Å². The molecule has 0 saturated carbocycles. The summed E-state index contributed by atoms with van der Waals surface area (Å²) >= 11 is 0. The Morgan fingerprint density at radius 1 is 1.02 bits per heavy atom. The number of aromatic nitrogens is 1. The molecular weight excluding hydrogens is 610 g/mol. The molecular formula is C37H39N5O6. The summed E-state index contributed by atoms with van der Waals surface area (Å²) in [4.78, 5) is 47.7. The maximum absolute atomic E-state index is 13.8. The van der Waals surface area contributed by atoms with E-state index in [1.807, 2.05) is 67.4 Å². The van der Waals surface area contributed by atoms with Gasteiger partial charge in [-0.05, 0) is 90.3 Å². The Labute approximate surface area is 279 Å². The fraction of sp³-hybridized carbons (Fsp3) is 0.297. The predicted molar refractivity (Wildman–Crippen MR) is 180 cm³/mol. The second kappa shape index (κ2) is 14.6. The zero-order chi connectivity index (χ0) is 33.6. The van der Waals surface area contributed by atoms with E-state index in [2.05, 4.69) is 15.6 Å². The summed E-state index contributed by atoms with van der Waals surface area (Å²) in [6, 6.07) is 21.7. The summed E-state index contributed by atoms with van der Waals surface area (Å²) in [5.74, 6) is 0.863. The number of carbonyl (C=O) groups is 3. The van der Waals surface area contributed by atoms with Gasteiger partial charge in [0.2, 0.25) is 5.91 Å². The summed E-state index contributed by atoms with van der Waals surface area (Å²) in [6.45, 7) is 3.44. The van der Waals surface area contributed by atoms with Gasteiger partial charge in [0, 0.05) is 37.6 Å². The Hall–Kier alpha value is -5.42. The maximum Gasteiger partial charge on any atom is 0.258 e. The van der Waals surface area contributed by atoms with Crippen LogP contribution < -0.4 is 24.8 Å². The van der Waals surface area contributed by atoms with E-state index < -0.39 is 12.1 Å². The third kappa shape index (κ3) is 7.75. The van der Waals surface area contributed by atoms with E-state index in [9.17, 15) is 14.4 Å². The largest absolute Gasteiger partial charge is 0.493 e. The molecule has 11 heteroatoms. The van der Waals surface area contributed by atoms with Gasteiger partial charge in [-0.15, -0.1) is 0 Å². The molecule has 6 bridgehead atoms. The quantitative estimate of drug-likeness (QED) is 0.337. The standard InChI is InChI=1S/C37H39N5O6/c1-24-7-9-28-17-30(24)27-5-4-6-29(16-27)47-23-35(43)39-18-26-8-10-32(33(15-26)46-3)48-34-21-42(20-31(34)40-37(28)45)36(44)22-41(2)19-25-11-13-38-14-12-25/h4-17,31,34H,18-23H2,1-3H3,(H,39,43)(H,40,45)/t31-,34-/m0/s1. The Bertz CT molecular complexity index is 1800. The molecule has 11 nitrogen and oxygen atoms in total. The number of carbonyl (C=O) groups excluding carboxylic acids is 3. The van der Waals surface area contributed by atoms with Crippen LogP contribution in [0.2, 0.25) is 0 Å². The number of aryl methyl sites for hydroxylation is 1. The minimum atomic E-state index is -0.549. The lowest BCUT2D eigenvalue weighted by Crippen LogP contribution is -2.45. The minimum Gasteiger partial charge on any atom is -0.493 e. The Morgan fingerprint density at radius 2 is 1.85 bits per heavy atom. The fourth-order valence-corrected chi connectivity index (χ4v) is 5.98. The van der Waals surface area contributed by atoms with Crippen molar-refractivity contribution in [3.63, 3.8) is 0 Å². The molecule has 3 aliphatic rings. The molecule has 248 valence electrons. The molecule has 1 fully saturated rings. The van der Waals surface area contributed by atoms with E-state index in [0.29, 0.717) is 29.4 Å². The highest BCUT2D eigenvalue weighted by Gasteiger charge is 2.38. The van der Waals surface area contributed by atoms with Crippen molar-refractivity contribution >= 4 is 17.7 Å².